The molecule has 0 amide bonds. The summed E-state index contributed by atoms with van der Waals surface area (Å²) < 4.78 is 0. The molecule has 0 aromatic rings. The van der Waals surface area contributed by atoms with Gasteiger partial charge in [-0.25, -0.2) is 0 Å². The molecule has 2 heteroatoms. The average Bonchev–Trinajstić information content (AvgIpc) is 2.36. The molecule has 0 fully saturated rings. The van der Waals surface area contributed by atoms with Crippen LogP contribution in [0.2, 0.25) is 0 Å². The lowest BCUT2D eigenvalue weighted by Crippen LogP contribution is -2.02. The summed E-state index contributed by atoms with van der Waals surface area (Å²) in [5, 5.41) is 0.502. The van der Waals surface area contributed by atoms with Gasteiger partial charge >= 0.3 is 0 Å². The monoisotopic (exact) mass is 156 g/mol. The van der Waals surface area contributed by atoms with Crippen molar-refractivity contribution in [3.63, 3.8) is 0 Å². The van der Waals surface area contributed by atoms with Gasteiger partial charge in [-0.05, 0) is 6.42 Å². The maximum Gasteiger partial charge on any atom is 0.146 e. The van der Waals surface area contributed by atoms with Crippen LogP contribution in [0, 0.1) is 0 Å². The Morgan fingerprint density at radius 2 is 2.70 bits per heavy atom. The highest BCUT2D eigenvalue weighted by atomic mass is 32.2. The molecule has 0 aromatic heterocycles. The van der Waals surface area contributed by atoms with Crippen molar-refractivity contribution < 1.29 is 4.79 Å². The quantitative estimate of drug-likeness (QED) is 0.581. The fourth-order valence-corrected chi connectivity index (χ4v) is 2.39. The molecule has 1 nitrogen and oxygen atoms in total. The number of rotatable bonds is 3. The lowest BCUT2D eigenvalue weighted by Gasteiger charge is -2.06. The lowest BCUT2D eigenvalue weighted by atomic mass is 10.1. The van der Waals surface area contributed by atoms with Gasteiger partial charge in [0, 0.05) is 16.6 Å². The van der Waals surface area contributed by atoms with E-state index in [2.05, 4.69) is 6.92 Å². The van der Waals surface area contributed by atoms with E-state index in [0.29, 0.717) is 5.25 Å². The Bertz CT molecular complexity index is 151. The van der Waals surface area contributed by atoms with Crippen LogP contribution in [-0.4, -0.2) is 17.3 Å². The van der Waals surface area contributed by atoms with Crippen LogP contribution >= 0.6 is 11.8 Å². The molecule has 1 atom stereocenters. The van der Waals surface area contributed by atoms with Crippen molar-refractivity contribution in [3.8, 4) is 0 Å². The first-order chi connectivity index (χ1) is 4.88. The summed E-state index contributed by atoms with van der Waals surface area (Å²) in [6.45, 7) is 2.15. The van der Waals surface area contributed by atoms with Gasteiger partial charge in [0.15, 0.2) is 0 Å². The molecule has 1 aliphatic rings. The van der Waals surface area contributed by atoms with E-state index in [0.717, 1.165) is 24.0 Å². The summed E-state index contributed by atoms with van der Waals surface area (Å²) in [5.74, 6) is 1.03. The van der Waals surface area contributed by atoms with Gasteiger partial charge in [0.05, 0.1) is 0 Å². The first-order valence-electron chi connectivity index (χ1n) is 3.65. The second-order valence-corrected chi connectivity index (χ2v) is 3.67. The van der Waals surface area contributed by atoms with Crippen LogP contribution in [0.1, 0.15) is 19.8 Å². The van der Waals surface area contributed by atoms with Gasteiger partial charge in [-0.1, -0.05) is 19.4 Å². The minimum Gasteiger partial charge on any atom is -0.298 e. The number of aldehydes is 1. The first-order valence-corrected chi connectivity index (χ1v) is 4.70. The molecule has 0 bridgehead atoms. The predicted octanol–water partition coefficient (Wildman–Crippen LogP) is 2.03. The number of carbonyl (C=O) groups excluding carboxylic acids is 1. The zero-order valence-electron chi connectivity index (χ0n) is 6.17. The second-order valence-electron chi connectivity index (χ2n) is 2.43. The Morgan fingerprint density at radius 3 is 3.30 bits per heavy atom. The van der Waals surface area contributed by atoms with E-state index in [-0.39, 0.29) is 0 Å². The fraction of sp³-hybridized carbons (Fsp3) is 0.625. The molecule has 0 aromatic carbocycles. The summed E-state index contributed by atoms with van der Waals surface area (Å²) in [6, 6.07) is 0. The van der Waals surface area contributed by atoms with Gasteiger partial charge < -0.3 is 0 Å². The Kier molecular flexibility index (Phi) is 3.00. The molecule has 0 saturated carbocycles. The Hall–Kier alpha value is -0.240. The van der Waals surface area contributed by atoms with Crippen molar-refractivity contribution in [1.82, 2.24) is 0 Å². The molecular formula is C8H12OS. The number of hydrogen-bond donors (Lipinski definition) is 0. The Balaban J connectivity index is 2.45. The van der Waals surface area contributed by atoms with E-state index in [1.807, 2.05) is 17.8 Å². The zero-order chi connectivity index (χ0) is 7.40. The molecule has 0 radical (unpaired) electrons. The molecule has 1 rings (SSSR count). The van der Waals surface area contributed by atoms with Crippen molar-refractivity contribution >= 4 is 18.0 Å². The molecule has 1 aliphatic heterocycles. The number of carbonyl (C=O) groups is 1. The van der Waals surface area contributed by atoms with Crippen LogP contribution in [0.3, 0.4) is 0 Å². The number of thioether (sulfide) groups is 1. The third kappa shape index (κ3) is 1.63. The summed E-state index contributed by atoms with van der Waals surface area (Å²) in [7, 11) is 0. The maximum atomic E-state index is 10.4. The van der Waals surface area contributed by atoms with Crippen LogP contribution in [0.5, 0.6) is 0 Å². The molecule has 56 valence electrons. The molecule has 10 heavy (non-hydrogen) atoms. The van der Waals surface area contributed by atoms with Gasteiger partial charge in [-0.2, -0.15) is 0 Å². The highest BCUT2D eigenvalue weighted by molar-refractivity contribution is 8.00. The molecule has 0 unspecified atom stereocenters. The number of hydrogen-bond acceptors (Lipinski definition) is 2. The van der Waals surface area contributed by atoms with Gasteiger partial charge in [0.2, 0.25) is 0 Å². The zero-order valence-corrected chi connectivity index (χ0v) is 6.99. The SMILES string of the molecule is CCC[C@H]1SCC=C1C=O. The molecule has 0 aliphatic carbocycles. The van der Waals surface area contributed by atoms with Gasteiger partial charge in [0.25, 0.3) is 0 Å². The smallest absolute Gasteiger partial charge is 0.146 e. The van der Waals surface area contributed by atoms with E-state index in [9.17, 15) is 4.79 Å². The molecule has 0 N–H and O–H groups in total. The topological polar surface area (TPSA) is 17.1 Å². The van der Waals surface area contributed by atoms with Crippen LogP contribution in [0.25, 0.3) is 0 Å². The first kappa shape index (κ1) is 7.86. The molecular weight excluding hydrogens is 144 g/mol. The highest BCUT2D eigenvalue weighted by Crippen LogP contribution is 2.28. The summed E-state index contributed by atoms with van der Waals surface area (Å²) in [5.41, 5.74) is 1.01. The van der Waals surface area contributed by atoms with E-state index in [1.165, 1.54) is 6.42 Å². The Morgan fingerprint density at radius 1 is 1.90 bits per heavy atom. The van der Waals surface area contributed by atoms with Crippen LogP contribution in [0.15, 0.2) is 11.6 Å². The van der Waals surface area contributed by atoms with Crippen molar-refractivity contribution in [2.75, 3.05) is 5.75 Å². The van der Waals surface area contributed by atoms with Crippen molar-refractivity contribution in [3.05, 3.63) is 11.6 Å². The second kappa shape index (κ2) is 3.81. The summed E-state index contributed by atoms with van der Waals surface area (Å²) in [6.07, 6.45) is 5.36. The molecule has 0 spiro atoms. The van der Waals surface area contributed by atoms with Crippen LogP contribution in [-0.2, 0) is 4.79 Å². The minimum atomic E-state index is 0.502. The van der Waals surface area contributed by atoms with E-state index in [4.69, 9.17) is 0 Å². The maximum absolute atomic E-state index is 10.4. The normalized spacial score (nSPS) is 24.5. The van der Waals surface area contributed by atoms with Crippen molar-refractivity contribution in [2.24, 2.45) is 0 Å². The van der Waals surface area contributed by atoms with E-state index < -0.39 is 0 Å². The fourth-order valence-electron chi connectivity index (χ4n) is 1.12. The largest absolute Gasteiger partial charge is 0.298 e. The van der Waals surface area contributed by atoms with Crippen molar-refractivity contribution in [2.45, 2.75) is 25.0 Å². The van der Waals surface area contributed by atoms with Gasteiger partial charge in [-0.15, -0.1) is 11.8 Å². The van der Waals surface area contributed by atoms with Crippen molar-refractivity contribution in [1.29, 1.82) is 0 Å². The van der Waals surface area contributed by atoms with Gasteiger partial charge in [-0.3, -0.25) is 4.79 Å². The molecule has 0 saturated heterocycles. The minimum absolute atomic E-state index is 0.502. The summed E-state index contributed by atoms with van der Waals surface area (Å²) >= 11 is 1.88. The standard InChI is InChI=1S/C8H12OS/c1-2-3-8-7(6-9)4-5-10-8/h4,6,8H,2-3,5H2,1H3/t8-/m1/s1. The predicted molar refractivity (Wildman–Crippen MR) is 45.3 cm³/mol. The van der Waals surface area contributed by atoms with Crippen LogP contribution < -0.4 is 0 Å². The lowest BCUT2D eigenvalue weighted by molar-refractivity contribution is -0.105. The molecule has 1 heterocycles. The average molecular weight is 156 g/mol. The van der Waals surface area contributed by atoms with Crippen LogP contribution in [0.4, 0.5) is 0 Å². The third-order valence-corrected chi connectivity index (χ3v) is 2.94. The van der Waals surface area contributed by atoms with E-state index >= 15 is 0 Å². The highest BCUT2D eigenvalue weighted by Gasteiger charge is 2.17. The Labute approximate surface area is 65.9 Å². The third-order valence-electron chi connectivity index (χ3n) is 1.68. The van der Waals surface area contributed by atoms with E-state index in [1.54, 1.807) is 0 Å². The van der Waals surface area contributed by atoms with Gasteiger partial charge in [0.1, 0.15) is 6.29 Å². The summed E-state index contributed by atoms with van der Waals surface area (Å²) in [4.78, 5) is 10.4.